The Morgan fingerprint density at radius 3 is 2.62 bits per heavy atom. The lowest BCUT2D eigenvalue weighted by Crippen LogP contribution is -2.47. The van der Waals surface area contributed by atoms with E-state index in [0.29, 0.717) is 19.8 Å². The highest BCUT2D eigenvalue weighted by Gasteiger charge is 2.36. The Balaban J connectivity index is 2.37. The molecule has 1 aliphatic heterocycles. The van der Waals surface area contributed by atoms with Crippen molar-refractivity contribution in [1.29, 1.82) is 0 Å². The first kappa shape index (κ1) is 12.9. The van der Waals surface area contributed by atoms with Gasteiger partial charge >= 0.3 is 5.97 Å². The summed E-state index contributed by atoms with van der Waals surface area (Å²) in [5.74, 6) is -1.67. The predicted molar refractivity (Wildman–Crippen MR) is 55.0 cm³/mol. The average molecular weight is 231 g/mol. The van der Waals surface area contributed by atoms with Crippen LogP contribution in [0.4, 0.5) is 0 Å². The van der Waals surface area contributed by atoms with Gasteiger partial charge in [0.25, 0.3) is 0 Å². The van der Waals surface area contributed by atoms with Gasteiger partial charge in [0.1, 0.15) is 5.41 Å². The Morgan fingerprint density at radius 2 is 2.12 bits per heavy atom. The second-order valence-corrected chi connectivity index (χ2v) is 4.21. The fraction of sp³-hybridized carbons (Fsp3) is 0.800. The molecule has 0 radical (unpaired) electrons. The molecular formula is C10H17NO5. The second-order valence-electron chi connectivity index (χ2n) is 4.21. The SMILES string of the molecule is CC(C)(C(=O)O)C(=O)NCC1COCCO1. The molecule has 0 spiro atoms. The number of rotatable bonds is 4. The van der Waals surface area contributed by atoms with Crippen LogP contribution in [0.1, 0.15) is 13.8 Å². The van der Waals surface area contributed by atoms with Crippen LogP contribution in [0.15, 0.2) is 0 Å². The first-order valence-electron chi connectivity index (χ1n) is 5.15. The smallest absolute Gasteiger partial charge is 0.318 e. The zero-order chi connectivity index (χ0) is 12.2. The molecule has 2 N–H and O–H groups in total. The second kappa shape index (κ2) is 5.27. The Morgan fingerprint density at radius 1 is 1.44 bits per heavy atom. The van der Waals surface area contributed by atoms with E-state index in [1.807, 2.05) is 0 Å². The maximum absolute atomic E-state index is 11.6. The van der Waals surface area contributed by atoms with Crippen molar-refractivity contribution < 1.29 is 24.2 Å². The molecule has 0 saturated carbocycles. The average Bonchev–Trinajstić information content (AvgIpc) is 2.27. The van der Waals surface area contributed by atoms with E-state index in [0.717, 1.165) is 0 Å². The molecule has 6 nitrogen and oxygen atoms in total. The minimum atomic E-state index is -1.42. The van der Waals surface area contributed by atoms with Crippen LogP contribution in [0.3, 0.4) is 0 Å². The molecular weight excluding hydrogens is 214 g/mol. The fourth-order valence-electron chi connectivity index (χ4n) is 1.18. The number of carbonyl (C=O) groups is 2. The van der Waals surface area contributed by atoms with Gasteiger partial charge in [0.05, 0.1) is 25.9 Å². The first-order chi connectivity index (χ1) is 7.44. The Bertz CT molecular complexity index is 270. The summed E-state index contributed by atoms with van der Waals surface area (Å²) in [6.45, 7) is 4.49. The summed E-state index contributed by atoms with van der Waals surface area (Å²) in [4.78, 5) is 22.4. The predicted octanol–water partition coefficient (Wildman–Crippen LogP) is -0.371. The van der Waals surface area contributed by atoms with Gasteiger partial charge in [-0.1, -0.05) is 0 Å². The van der Waals surface area contributed by atoms with Crippen molar-refractivity contribution in [2.24, 2.45) is 5.41 Å². The van der Waals surface area contributed by atoms with Crippen LogP contribution < -0.4 is 5.32 Å². The Hall–Kier alpha value is -1.14. The van der Waals surface area contributed by atoms with Crippen LogP contribution in [0.25, 0.3) is 0 Å². The molecule has 1 saturated heterocycles. The molecule has 0 aromatic carbocycles. The Kier molecular flexibility index (Phi) is 4.26. The molecule has 16 heavy (non-hydrogen) atoms. The van der Waals surface area contributed by atoms with Crippen LogP contribution in [0.2, 0.25) is 0 Å². The summed E-state index contributed by atoms with van der Waals surface area (Å²) in [5.41, 5.74) is -1.42. The molecule has 1 unspecified atom stereocenters. The summed E-state index contributed by atoms with van der Waals surface area (Å²) in [6.07, 6.45) is -0.192. The van der Waals surface area contributed by atoms with Gasteiger partial charge < -0.3 is 19.9 Å². The van der Waals surface area contributed by atoms with E-state index in [1.54, 1.807) is 0 Å². The third kappa shape index (κ3) is 3.18. The number of aliphatic carboxylic acids is 1. The third-order valence-corrected chi connectivity index (χ3v) is 2.48. The fourth-order valence-corrected chi connectivity index (χ4v) is 1.18. The largest absolute Gasteiger partial charge is 0.480 e. The number of ether oxygens (including phenoxy) is 2. The number of hydrogen-bond donors (Lipinski definition) is 2. The van der Waals surface area contributed by atoms with Crippen LogP contribution in [-0.4, -0.2) is 49.5 Å². The number of nitrogens with one attached hydrogen (secondary N) is 1. The molecule has 0 bridgehead atoms. The van der Waals surface area contributed by atoms with E-state index < -0.39 is 17.3 Å². The van der Waals surface area contributed by atoms with E-state index in [1.165, 1.54) is 13.8 Å². The lowest BCUT2D eigenvalue weighted by Gasteiger charge is -2.25. The van der Waals surface area contributed by atoms with Crippen molar-refractivity contribution in [3.05, 3.63) is 0 Å². The van der Waals surface area contributed by atoms with Crippen molar-refractivity contribution in [3.63, 3.8) is 0 Å². The van der Waals surface area contributed by atoms with Crippen LogP contribution in [0, 0.1) is 5.41 Å². The molecule has 0 aliphatic carbocycles. The van der Waals surface area contributed by atoms with Crippen LogP contribution in [-0.2, 0) is 19.1 Å². The number of carboxylic acids is 1. The van der Waals surface area contributed by atoms with Gasteiger partial charge in [0, 0.05) is 6.54 Å². The zero-order valence-electron chi connectivity index (χ0n) is 9.49. The summed E-state index contributed by atoms with van der Waals surface area (Å²) < 4.78 is 10.5. The van der Waals surface area contributed by atoms with E-state index in [-0.39, 0.29) is 12.6 Å². The standard InChI is InChI=1S/C10H17NO5/c1-10(2,9(13)14)8(12)11-5-7-6-15-3-4-16-7/h7H,3-6H2,1-2H3,(H,11,12)(H,13,14). The van der Waals surface area contributed by atoms with Gasteiger partial charge in [-0.05, 0) is 13.8 Å². The van der Waals surface area contributed by atoms with Gasteiger partial charge in [-0.25, -0.2) is 0 Å². The Labute approximate surface area is 93.9 Å². The molecule has 6 heteroatoms. The van der Waals surface area contributed by atoms with E-state index in [2.05, 4.69) is 5.32 Å². The maximum Gasteiger partial charge on any atom is 0.318 e. The quantitative estimate of drug-likeness (QED) is 0.645. The van der Waals surface area contributed by atoms with Crippen molar-refractivity contribution >= 4 is 11.9 Å². The monoisotopic (exact) mass is 231 g/mol. The van der Waals surface area contributed by atoms with Gasteiger partial charge in [0.2, 0.25) is 5.91 Å². The minimum Gasteiger partial charge on any atom is -0.480 e. The molecule has 1 amide bonds. The maximum atomic E-state index is 11.6. The van der Waals surface area contributed by atoms with Crippen molar-refractivity contribution in [2.45, 2.75) is 20.0 Å². The zero-order valence-corrected chi connectivity index (χ0v) is 9.49. The van der Waals surface area contributed by atoms with E-state index >= 15 is 0 Å². The molecule has 0 aromatic rings. The lowest BCUT2D eigenvalue weighted by molar-refractivity contribution is -0.154. The lowest BCUT2D eigenvalue weighted by atomic mass is 9.92. The van der Waals surface area contributed by atoms with Gasteiger partial charge in [-0.15, -0.1) is 0 Å². The highest BCUT2D eigenvalue weighted by Crippen LogP contribution is 2.15. The minimum absolute atomic E-state index is 0.192. The molecule has 1 rings (SSSR count). The molecule has 1 fully saturated rings. The molecule has 0 aromatic heterocycles. The number of hydrogen-bond acceptors (Lipinski definition) is 4. The molecule has 92 valence electrons. The van der Waals surface area contributed by atoms with Crippen LogP contribution in [0.5, 0.6) is 0 Å². The van der Waals surface area contributed by atoms with Crippen molar-refractivity contribution in [1.82, 2.24) is 5.32 Å². The van der Waals surface area contributed by atoms with Crippen molar-refractivity contribution in [3.8, 4) is 0 Å². The number of carboxylic acid groups (broad SMARTS) is 1. The normalized spacial score (nSPS) is 21.5. The summed E-state index contributed by atoms with van der Waals surface area (Å²) in [5, 5.41) is 11.4. The molecule has 1 atom stereocenters. The molecule has 1 aliphatic rings. The summed E-state index contributed by atoms with van der Waals surface area (Å²) in [7, 11) is 0. The molecule has 1 heterocycles. The van der Waals surface area contributed by atoms with Gasteiger partial charge in [-0.2, -0.15) is 0 Å². The van der Waals surface area contributed by atoms with E-state index in [4.69, 9.17) is 14.6 Å². The summed E-state index contributed by atoms with van der Waals surface area (Å²) in [6, 6.07) is 0. The van der Waals surface area contributed by atoms with Gasteiger partial charge in [-0.3, -0.25) is 9.59 Å². The number of amides is 1. The highest BCUT2D eigenvalue weighted by molar-refractivity contribution is 6.00. The third-order valence-electron chi connectivity index (χ3n) is 2.48. The van der Waals surface area contributed by atoms with Gasteiger partial charge in [0.15, 0.2) is 0 Å². The van der Waals surface area contributed by atoms with Crippen molar-refractivity contribution in [2.75, 3.05) is 26.4 Å². The summed E-state index contributed by atoms with van der Waals surface area (Å²) >= 11 is 0. The highest BCUT2D eigenvalue weighted by atomic mass is 16.6. The van der Waals surface area contributed by atoms with Crippen LogP contribution >= 0.6 is 0 Å². The first-order valence-corrected chi connectivity index (χ1v) is 5.15. The topological polar surface area (TPSA) is 84.9 Å². The van der Waals surface area contributed by atoms with E-state index in [9.17, 15) is 9.59 Å². The number of carbonyl (C=O) groups excluding carboxylic acids is 1.